The minimum absolute atomic E-state index is 0.0220. The second kappa shape index (κ2) is 8.78. The summed E-state index contributed by atoms with van der Waals surface area (Å²) >= 11 is 1.58. The lowest BCUT2D eigenvalue weighted by Crippen LogP contribution is -2.48. The van der Waals surface area contributed by atoms with E-state index in [2.05, 4.69) is 0 Å². The number of hydrogen-bond acceptors (Lipinski definition) is 4. The summed E-state index contributed by atoms with van der Waals surface area (Å²) in [6, 6.07) is 9.04. The van der Waals surface area contributed by atoms with E-state index >= 15 is 0 Å². The van der Waals surface area contributed by atoms with Gasteiger partial charge < -0.3 is 14.9 Å². The maximum absolute atomic E-state index is 13.1. The molecule has 2 aliphatic rings. The molecule has 3 rings (SSSR count). The Balaban J connectivity index is 1.73. The zero-order valence-electron chi connectivity index (χ0n) is 15.5. The quantitative estimate of drug-likeness (QED) is 0.807. The summed E-state index contributed by atoms with van der Waals surface area (Å²) < 4.78 is 0. The van der Waals surface area contributed by atoms with Crippen molar-refractivity contribution < 1.29 is 19.5 Å². The lowest BCUT2D eigenvalue weighted by Gasteiger charge is -2.27. The Hall–Kier alpha value is -2.02. The number of thioether (sulfide) groups is 1. The zero-order valence-corrected chi connectivity index (χ0v) is 16.4. The summed E-state index contributed by atoms with van der Waals surface area (Å²) in [6.07, 6.45) is 2.23. The minimum Gasteiger partial charge on any atom is -0.481 e. The molecule has 2 amide bonds. The molecule has 1 N–H and O–H groups in total. The van der Waals surface area contributed by atoms with Crippen LogP contribution >= 0.6 is 11.8 Å². The number of carbonyl (C=O) groups excluding carboxylic acids is 2. The Kier molecular flexibility index (Phi) is 6.42. The monoisotopic (exact) mass is 390 g/mol. The van der Waals surface area contributed by atoms with Crippen LogP contribution in [0.15, 0.2) is 30.3 Å². The van der Waals surface area contributed by atoms with Crippen LogP contribution in [0.2, 0.25) is 0 Å². The van der Waals surface area contributed by atoms with Gasteiger partial charge >= 0.3 is 5.97 Å². The van der Waals surface area contributed by atoms with Crippen molar-refractivity contribution in [1.82, 2.24) is 9.80 Å². The first-order chi connectivity index (χ1) is 13.0. The Bertz CT molecular complexity index is 696. The van der Waals surface area contributed by atoms with Crippen molar-refractivity contribution in [3.05, 3.63) is 35.9 Å². The van der Waals surface area contributed by atoms with Gasteiger partial charge in [0.25, 0.3) is 0 Å². The molecule has 0 saturated carbocycles. The number of nitrogens with zero attached hydrogens (tertiary/aromatic N) is 2. The number of unbranched alkanes of at least 4 members (excludes halogenated alkanes) is 1. The van der Waals surface area contributed by atoms with Crippen LogP contribution in [-0.4, -0.2) is 63.5 Å². The molecule has 2 heterocycles. The normalized spacial score (nSPS) is 25.0. The van der Waals surface area contributed by atoms with Crippen molar-refractivity contribution in [3.8, 4) is 0 Å². The van der Waals surface area contributed by atoms with Crippen molar-refractivity contribution in [2.45, 2.75) is 38.1 Å². The van der Waals surface area contributed by atoms with Gasteiger partial charge in [0.05, 0.1) is 11.8 Å². The van der Waals surface area contributed by atoms with E-state index in [-0.39, 0.29) is 24.3 Å². The lowest BCUT2D eigenvalue weighted by molar-refractivity contribution is -0.144. The third-order valence-electron chi connectivity index (χ3n) is 5.41. The van der Waals surface area contributed by atoms with Crippen LogP contribution < -0.4 is 0 Å². The van der Waals surface area contributed by atoms with Gasteiger partial charge in [-0.1, -0.05) is 43.7 Å². The molecule has 3 atom stereocenters. The number of rotatable bonds is 6. The van der Waals surface area contributed by atoms with Gasteiger partial charge in [0.2, 0.25) is 11.8 Å². The molecule has 6 nitrogen and oxygen atoms in total. The fourth-order valence-corrected chi connectivity index (χ4v) is 5.02. The maximum atomic E-state index is 13.1. The fourth-order valence-electron chi connectivity index (χ4n) is 3.85. The van der Waals surface area contributed by atoms with Gasteiger partial charge in [0.15, 0.2) is 0 Å². The van der Waals surface area contributed by atoms with Gasteiger partial charge in [-0.25, -0.2) is 0 Å². The molecule has 2 saturated heterocycles. The second-order valence-electron chi connectivity index (χ2n) is 7.19. The fraction of sp³-hybridized carbons (Fsp3) is 0.550. The van der Waals surface area contributed by atoms with Crippen LogP contribution in [0.1, 0.15) is 37.7 Å². The van der Waals surface area contributed by atoms with E-state index in [1.165, 1.54) is 0 Å². The van der Waals surface area contributed by atoms with Gasteiger partial charge in [-0.3, -0.25) is 14.4 Å². The van der Waals surface area contributed by atoms with Crippen molar-refractivity contribution in [1.29, 1.82) is 0 Å². The predicted molar refractivity (Wildman–Crippen MR) is 104 cm³/mol. The Morgan fingerprint density at radius 1 is 1.19 bits per heavy atom. The van der Waals surface area contributed by atoms with E-state index in [1.807, 2.05) is 37.3 Å². The summed E-state index contributed by atoms with van der Waals surface area (Å²) in [5.74, 6) is -0.683. The molecular weight excluding hydrogens is 364 g/mol. The van der Waals surface area contributed by atoms with Crippen LogP contribution in [-0.2, 0) is 14.4 Å². The number of hydrogen-bond donors (Lipinski definition) is 1. The van der Waals surface area contributed by atoms with Gasteiger partial charge in [-0.15, -0.1) is 11.8 Å². The van der Waals surface area contributed by atoms with E-state index in [9.17, 15) is 19.5 Å². The molecule has 27 heavy (non-hydrogen) atoms. The zero-order chi connectivity index (χ0) is 19.4. The van der Waals surface area contributed by atoms with Crippen molar-refractivity contribution in [3.63, 3.8) is 0 Å². The average Bonchev–Trinajstić information content (AvgIpc) is 3.33. The molecule has 0 aliphatic carbocycles. The summed E-state index contributed by atoms with van der Waals surface area (Å²) in [5.41, 5.74) is 0.942. The minimum atomic E-state index is -0.879. The average molecular weight is 391 g/mol. The van der Waals surface area contributed by atoms with Crippen molar-refractivity contribution in [2.24, 2.45) is 5.92 Å². The molecule has 0 spiro atoms. The topological polar surface area (TPSA) is 77.9 Å². The van der Waals surface area contributed by atoms with E-state index in [4.69, 9.17) is 0 Å². The Morgan fingerprint density at radius 3 is 2.59 bits per heavy atom. The third kappa shape index (κ3) is 4.29. The van der Waals surface area contributed by atoms with E-state index in [0.29, 0.717) is 24.6 Å². The molecule has 1 aromatic rings. The number of carboxylic acid groups (broad SMARTS) is 1. The highest BCUT2D eigenvalue weighted by Gasteiger charge is 2.44. The van der Waals surface area contributed by atoms with Crippen LogP contribution in [0.25, 0.3) is 0 Å². The lowest BCUT2D eigenvalue weighted by atomic mass is 9.89. The molecule has 2 fully saturated rings. The van der Waals surface area contributed by atoms with Crippen LogP contribution in [0.4, 0.5) is 0 Å². The van der Waals surface area contributed by atoms with Crippen LogP contribution in [0.5, 0.6) is 0 Å². The number of carbonyl (C=O) groups is 3. The Labute approximate surface area is 163 Å². The smallest absolute Gasteiger partial charge is 0.308 e. The molecule has 0 radical (unpaired) electrons. The molecule has 0 bridgehead atoms. The summed E-state index contributed by atoms with van der Waals surface area (Å²) in [5, 5.41) is 9.64. The van der Waals surface area contributed by atoms with Crippen LogP contribution in [0, 0.1) is 5.92 Å². The first-order valence-corrected chi connectivity index (χ1v) is 10.6. The maximum Gasteiger partial charge on any atom is 0.308 e. The largest absolute Gasteiger partial charge is 0.481 e. The standard InChI is InChI=1S/C20H26N2O4S/c1-2-3-9-18(23)22-13-27-12-17(22)19(24)21-10-15(16(11-21)20(25)26)14-7-5-4-6-8-14/h4-8,15-17H,2-3,9-13H2,1H3,(H,25,26). The van der Waals surface area contributed by atoms with E-state index in [1.54, 1.807) is 21.6 Å². The SMILES string of the molecule is CCCCC(=O)N1CSCC1C(=O)N1CC(C(=O)O)C(c2ccccc2)C1. The molecule has 2 aliphatic heterocycles. The highest BCUT2D eigenvalue weighted by molar-refractivity contribution is 7.99. The molecule has 0 aromatic heterocycles. The predicted octanol–water partition coefficient (Wildman–Crippen LogP) is 2.40. The molecule has 3 unspecified atom stereocenters. The number of carboxylic acids is 1. The first kappa shape index (κ1) is 19.7. The Morgan fingerprint density at radius 2 is 1.93 bits per heavy atom. The first-order valence-electron chi connectivity index (χ1n) is 9.46. The highest BCUT2D eigenvalue weighted by Crippen LogP contribution is 2.34. The van der Waals surface area contributed by atoms with E-state index in [0.717, 1.165) is 18.4 Å². The summed E-state index contributed by atoms with van der Waals surface area (Å²) in [4.78, 5) is 40.6. The number of aliphatic carboxylic acids is 1. The molecule has 7 heteroatoms. The molecule has 146 valence electrons. The molecule has 1 aromatic carbocycles. The van der Waals surface area contributed by atoms with Gasteiger partial charge in [0, 0.05) is 31.2 Å². The number of likely N-dealkylation sites (tertiary alicyclic amines) is 1. The second-order valence-corrected chi connectivity index (χ2v) is 8.19. The van der Waals surface area contributed by atoms with Crippen molar-refractivity contribution >= 4 is 29.5 Å². The highest BCUT2D eigenvalue weighted by atomic mass is 32.2. The van der Waals surface area contributed by atoms with Crippen molar-refractivity contribution in [2.75, 3.05) is 24.7 Å². The van der Waals surface area contributed by atoms with Gasteiger partial charge in [-0.05, 0) is 12.0 Å². The number of benzene rings is 1. The number of amides is 2. The summed E-state index contributed by atoms with van der Waals surface area (Å²) in [7, 11) is 0. The molecular formula is C20H26N2O4S. The van der Waals surface area contributed by atoms with E-state index < -0.39 is 17.9 Å². The van der Waals surface area contributed by atoms with Gasteiger partial charge in [-0.2, -0.15) is 0 Å². The third-order valence-corrected chi connectivity index (χ3v) is 6.42. The van der Waals surface area contributed by atoms with Gasteiger partial charge in [0.1, 0.15) is 6.04 Å². The van der Waals surface area contributed by atoms with Crippen LogP contribution in [0.3, 0.4) is 0 Å². The summed E-state index contributed by atoms with van der Waals surface area (Å²) in [6.45, 7) is 2.62.